The smallest absolute Gasteiger partial charge is 0.269 e. The lowest BCUT2D eigenvalue weighted by molar-refractivity contribution is -0.384. The first-order valence-electron chi connectivity index (χ1n) is 5.02. The summed E-state index contributed by atoms with van der Waals surface area (Å²) in [6, 6.07) is 5.02. The monoisotopic (exact) mass is 282 g/mol. The van der Waals surface area contributed by atoms with Gasteiger partial charge in [0.2, 0.25) is 5.91 Å². The van der Waals surface area contributed by atoms with E-state index in [2.05, 4.69) is 16.2 Å². The van der Waals surface area contributed by atoms with Gasteiger partial charge in [0.25, 0.3) is 11.6 Å². The number of carbonyl (C=O) groups is 2. The molecule has 0 aliphatic carbocycles. The fraction of sp³-hybridized carbons (Fsp3) is 0.100. The Labute approximate surface area is 113 Å². The molecule has 0 atom stereocenters. The van der Waals surface area contributed by atoms with Gasteiger partial charge in [-0.15, -0.1) is 0 Å². The number of rotatable bonds is 2. The summed E-state index contributed by atoms with van der Waals surface area (Å²) in [5.41, 5.74) is 4.65. The number of amides is 2. The first kappa shape index (κ1) is 14.5. The Bertz CT molecular complexity index is 529. The van der Waals surface area contributed by atoms with E-state index in [1.54, 1.807) is 0 Å². The van der Waals surface area contributed by atoms with Crippen molar-refractivity contribution in [2.45, 2.75) is 6.92 Å². The molecule has 0 aliphatic heterocycles. The van der Waals surface area contributed by atoms with Crippen molar-refractivity contribution in [1.82, 2.24) is 16.2 Å². The summed E-state index contributed by atoms with van der Waals surface area (Å²) in [6.45, 7) is 1.27. The summed E-state index contributed by atoms with van der Waals surface area (Å²) >= 11 is 4.71. The molecular formula is C10H10N4O4S. The van der Waals surface area contributed by atoms with Crippen molar-refractivity contribution in [3.8, 4) is 0 Å². The molecule has 100 valence electrons. The maximum atomic E-state index is 11.6. The maximum Gasteiger partial charge on any atom is 0.269 e. The average Bonchev–Trinajstić information content (AvgIpc) is 2.35. The van der Waals surface area contributed by atoms with Crippen LogP contribution in [0.4, 0.5) is 5.69 Å². The molecule has 2 amide bonds. The van der Waals surface area contributed by atoms with Gasteiger partial charge in [-0.1, -0.05) is 0 Å². The zero-order valence-corrected chi connectivity index (χ0v) is 10.6. The van der Waals surface area contributed by atoms with Crippen molar-refractivity contribution < 1.29 is 14.5 Å². The number of nitro benzene ring substituents is 1. The second kappa shape index (κ2) is 6.40. The molecule has 0 aliphatic rings. The van der Waals surface area contributed by atoms with Crippen LogP contribution < -0.4 is 16.2 Å². The molecule has 0 saturated carbocycles. The highest BCUT2D eigenvalue weighted by atomic mass is 32.1. The van der Waals surface area contributed by atoms with E-state index in [-0.39, 0.29) is 22.3 Å². The SMILES string of the molecule is CC(=O)NC(=S)NNC(=O)c1ccc([N+](=O)[O-])cc1. The zero-order valence-electron chi connectivity index (χ0n) is 9.80. The van der Waals surface area contributed by atoms with E-state index in [0.717, 1.165) is 0 Å². The number of non-ortho nitro benzene ring substituents is 1. The summed E-state index contributed by atoms with van der Waals surface area (Å²) < 4.78 is 0. The van der Waals surface area contributed by atoms with E-state index in [0.29, 0.717) is 0 Å². The molecule has 0 fully saturated rings. The molecule has 1 aromatic carbocycles. The van der Waals surface area contributed by atoms with Crippen molar-refractivity contribution >= 4 is 34.8 Å². The molecule has 3 N–H and O–H groups in total. The van der Waals surface area contributed by atoms with Gasteiger partial charge < -0.3 is 5.32 Å². The molecular weight excluding hydrogens is 272 g/mol. The number of hydrogen-bond acceptors (Lipinski definition) is 5. The second-order valence-electron chi connectivity index (χ2n) is 3.39. The maximum absolute atomic E-state index is 11.6. The number of hydrogen-bond donors (Lipinski definition) is 3. The standard InChI is InChI=1S/C10H10N4O4S/c1-6(15)11-10(19)13-12-9(16)7-2-4-8(5-3-7)14(17)18/h2-5H,1H3,(H,12,16)(H2,11,13,15,19). The minimum Gasteiger partial charge on any atom is -0.302 e. The highest BCUT2D eigenvalue weighted by molar-refractivity contribution is 7.80. The minimum atomic E-state index is -0.564. The lowest BCUT2D eigenvalue weighted by atomic mass is 10.2. The number of nitrogens with zero attached hydrogens (tertiary/aromatic N) is 1. The van der Waals surface area contributed by atoms with Crippen molar-refractivity contribution in [3.05, 3.63) is 39.9 Å². The highest BCUT2D eigenvalue weighted by Crippen LogP contribution is 2.11. The normalized spacial score (nSPS) is 9.32. The van der Waals surface area contributed by atoms with Gasteiger partial charge in [0.15, 0.2) is 5.11 Å². The van der Waals surface area contributed by atoms with Gasteiger partial charge >= 0.3 is 0 Å². The molecule has 19 heavy (non-hydrogen) atoms. The van der Waals surface area contributed by atoms with E-state index in [1.165, 1.54) is 31.2 Å². The van der Waals surface area contributed by atoms with Crippen molar-refractivity contribution in [2.75, 3.05) is 0 Å². The van der Waals surface area contributed by atoms with Crippen LogP contribution in [0.1, 0.15) is 17.3 Å². The molecule has 0 saturated heterocycles. The first-order chi connectivity index (χ1) is 8.90. The van der Waals surface area contributed by atoms with Crippen molar-refractivity contribution in [3.63, 3.8) is 0 Å². The van der Waals surface area contributed by atoms with Crippen molar-refractivity contribution in [2.24, 2.45) is 0 Å². The van der Waals surface area contributed by atoms with Crippen LogP contribution in [0.2, 0.25) is 0 Å². The molecule has 0 aromatic heterocycles. The molecule has 8 nitrogen and oxygen atoms in total. The van der Waals surface area contributed by atoms with Crippen LogP contribution in [0.3, 0.4) is 0 Å². The Morgan fingerprint density at radius 3 is 2.26 bits per heavy atom. The van der Waals surface area contributed by atoms with Gasteiger partial charge in [-0.05, 0) is 24.4 Å². The number of nitrogens with one attached hydrogen (secondary N) is 3. The third-order valence-electron chi connectivity index (χ3n) is 1.92. The van der Waals surface area contributed by atoms with E-state index in [9.17, 15) is 19.7 Å². The predicted molar refractivity (Wildman–Crippen MR) is 70.1 cm³/mol. The summed E-state index contributed by atoms with van der Waals surface area (Å²) in [7, 11) is 0. The van der Waals surface area contributed by atoms with Crippen LogP contribution in [0, 0.1) is 10.1 Å². The lowest BCUT2D eigenvalue weighted by Gasteiger charge is -2.09. The minimum absolute atomic E-state index is 0.0530. The Hall–Kier alpha value is -2.55. The van der Waals surface area contributed by atoms with Crippen LogP contribution in [0.15, 0.2) is 24.3 Å². The Balaban J connectivity index is 2.56. The molecule has 9 heteroatoms. The van der Waals surface area contributed by atoms with E-state index >= 15 is 0 Å². The van der Waals surface area contributed by atoms with Gasteiger partial charge in [0, 0.05) is 24.6 Å². The molecule has 1 aromatic rings. The fourth-order valence-corrected chi connectivity index (χ4v) is 1.31. The summed E-state index contributed by atoms with van der Waals surface area (Å²) in [6.07, 6.45) is 0. The van der Waals surface area contributed by atoms with E-state index < -0.39 is 10.8 Å². The average molecular weight is 282 g/mol. The van der Waals surface area contributed by atoms with Crippen molar-refractivity contribution in [1.29, 1.82) is 0 Å². The zero-order chi connectivity index (χ0) is 14.4. The molecule has 0 spiro atoms. The van der Waals surface area contributed by atoms with E-state index in [1.807, 2.05) is 0 Å². The molecule has 0 heterocycles. The molecule has 0 bridgehead atoms. The first-order valence-corrected chi connectivity index (χ1v) is 5.43. The van der Waals surface area contributed by atoms with Crippen LogP contribution in [0.5, 0.6) is 0 Å². The van der Waals surface area contributed by atoms with Gasteiger partial charge in [0.1, 0.15) is 0 Å². The third-order valence-corrected chi connectivity index (χ3v) is 2.12. The third kappa shape index (κ3) is 4.68. The Morgan fingerprint density at radius 1 is 1.21 bits per heavy atom. The summed E-state index contributed by atoms with van der Waals surface area (Å²) in [4.78, 5) is 32.1. The van der Waals surface area contributed by atoms with Gasteiger partial charge in [-0.3, -0.25) is 30.6 Å². The number of carbonyl (C=O) groups excluding carboxylic acids is 2. The van der Waals surface area contributed by atoms with E-state index in [4.69, 9.17) is 12.2 Å². The van der Waals surface area contributed by atoms with Gasteiger partial charge in [0.05, 0.1) is 4.92 Å². The Kier molecular flexibility index (Phi) is 4.89. The predicted octanol–water partition coefficient (Wildman–Crippen LogP) is 0.250. The van der Waals surface area contributed by atoms with Crippen LogP contribution in [-0.4, -0.2) is 21.9 Å². The number of nitro groups is 1. The number of thiocarbonyl (C=S) groups is 1. The summed E-state index contributed by atoms with van der Waals surface area (Å²) in [5.74, 6) is -0.912. The molecule has 0 unspecified atom stereocenters. The van der Waals surface area contributed by atoms with Crippen LogP contribution in [0.25, 0.3) is 0 Å². The second-order valence-corrected chi connectivity index (χ2v) is 3.80. The van der Waals surface area contributed by atoms with Gasteiger partial charge in [-0.2, -0.15) is 0 Å². The lowest BCUT2D eigenvalue weighted by Crippen LogP contribution is -2.47. The largest absolute Gasteiger partial charge is 0.302 e. The topological polar surface area (TPSA) is 113 Å². The van der Waals surface area contributed by atoms with Crippen LogP contribution in [-0.2, 0) is 4.79 Å². The quantitative estimate of drug-likeness (QED) is 0.407. The fourth-order valence-electron chi connectivity index (χ4n) is 1.11. The summed E-state index contributed by atoms with van der Waals surface area (Å²) in [5, 5.41) is 12.6. The highest BCUT2D eigenvalue weighted by Gasteiger charge is 2.09. The number of hydrazine groups is 1. The molecule has 0 radical (unpaired) electrons. The van der Waals surface area contributed by atoms with Gasteiger partial charge in [-0.25, -0.2) is 0 Å². The molecule has 1 rings (SSSR count). The number of benzene rings is 1. The Morgan fingerprint density at radius 2 is 1.79 bits per heavy atom. The van der Waals surface area contributed by atoms with Crippen LogP contribution >= 0.6 is 12.2 Å².